The molecule has 0 aliphatic carbocycles. The molecule has 2 aromatic carbocycles. The van der Waals surface area contributed by atoms with Crippen LogP contribution in [0.5, 0.6) is 0 Å². The first-order valence-corrected chi connectivity index (χ1v) is 10.8. The number of aliphatic imine (C=N–C) groups is 1. The van der Waals surface area contributed by atoms with Gasteiger partial charge in [0.05, 0.1) is 24.5 Å². The van der Waals surface area contributed by atoms with Gasteiger partial charge in [-0.1, -0.05) is 44.2 Å². The zero-order valence-electron chi connectivity index (χ0n) is 19.3. The van der Waals surface area contributed by atoms with E-state index in [-0.39, 0.29) is 53.8 Å². The van der Waals surface area contributed by atoms with Crippen LogP contribution in [-0.2, 0) is 11.3 Å². The predicted octanol–water partition coefficient (Wildman–Crippen LogP) is 4.09. The summed E-state index contributed by atoms with van der Waals surface area (Å²) in [5.74, 6) is -0.794. The molecule has 2 aromatic rings. The van der Waals surface area contributed by atoms with Gasteiger partial charge in [0.2, 0.25) is 5.91 Å². The van der Waals surface area contributed by atoms with E-state index in [0.717, 1.165) is 5.56 Å². The van der Waals surface area contributed by atoms with Crippen LogP contribution < -0.4 is 11.1 Å². The fourth-order valence-electron chi connectivity index (χ4n) is 3.74. The summed E-state index contributed by atoms with van der Waals surface area (Å²) in [4.78, 5) is 31.6. The van der Waals surface area contributed by atoms with Gasteiger partial charge in [-0.05, 0) is 55.5 Å². The second kappa shape index (κ2) is 9.10. The van der Waals surface area contributed by atoms with Crippen LogP contribution in [0.15, 0.2) is 47.5 Å². The van der Waals surface area contributed by atoms with E-state index in [9.17, 15) is 14.0 Å². The number of rotatable bonds is 6. The van der Waals surface area contributed by atoms with Gasteiger partial charge in [0.1, 0.15) is 5.82 Å². The van der Waals surface area contributed by atoms with Crippen molar-refractivity contribution in [2.45, 2.75) is 59.2 Å². The quantitative estimate of drug-likeness (QED) is 0.712. The Morgan fingerprint density at radius 1 is 1.25 bits per heavy atom. The van der Waals surface area contributed by atoms with Gasteiger partial charge in [0, 0.05) is 5.56 Å². The Hall–Kier alpha value is -3.22. The summed E-state index contributed by atoms with van der Waals surface area (Å²) in [6.45, 7) is 9.39. The first-order valence-electron chi connectivity index (χ1n) is 10.8. The lowest BCUT2D eigenvalue weighted by atomic mass is 9.84. The number of nitrogens with zero attached hydrogens (tertiary/aromatic N) is 2. The standard InChI is InChI=1S/C25H31FN4O2/c1-15(2)25(5)13-22(31)30(24(27)29-25)14-18-11-20(16(3)21(26)12-18)23(32)28-17(4)19-9-7-6-8-10-19/h6-12,15,17H,13-14H2,1-5H3,(H2,27,29)(H,28,32). The van der Waals surface area contributed by atoms with Gasteiger partial charge in [0.15, 0.2) is 5.96 Å². The van der Waals surface area contributed by atoms with E-state index in [2.05, 4.69) is 10.3 Å². The van der Waals surface area contributed by atoms with Crippen LogP contribution in [0.25, 0.3) is 0 Å². The molecule has 0 spiro atoms. The minimum Gasteiger partial charge on any atom is -0.369 e. The molecule has 0 saturated heterocycles. The summed E-state index contributed by atoms with van der Waals surface area (Å²) in [5, 5.41) is 2.92. The van der Waals surface area contributed by atoms with Crippen LogP contribution in [0.1, 0.15) is 67.2 Å². The Morgan fingerprint density at radius 3 is 2.50 bits per heavy atom. The first kappa shape index (κ1) is 23.4. The lowest BCUT2D eigenvalue weighted by Gasteiger charge is -2.37. The molecule has 2 unspecified atom stereocenters. The van der Waals surface area contributed by atoms with Gasteiger partial charge in [-0.3, -0.25) is 14.5 Å². The minimum absolute atomic E-state index is 0.0497. The fourth-order valence-corrected chi connectivity index (χ4v) is 3.74. The number of nitrogens with one attached hydrogen (secondary N) is 1. The van der Waals surface area contributed by atoms with Crippen molar-refractivity contribution in [3.63, 3.8) is 0 Å². The fraction of sp³-hybridized carbons (Fsp3) is 0.400. The lowest BCUT2D eigenvalue weighted by Crippen LogP contribution is -2.51. The van der Waals surface area contributed by atoms with Crippen LogP contribution in [-0.4, -0.2) is 28.2 Å². The maximum absolute atomic E-state index is 14.7. The van der Waals surface area contributed by atoms with Crippen LogP contribution in [0.2, 0.25) is 0 Å². The number of nitrogens with two attached hydrogens (primary N) is 1. The Bertz CT molecular complexity index is 1050. The third kappa shape index (κ3) is 4.82. The highest BCUT2D eigenvalue weighted by Gasteiger charge is 2.38. The van der Waals surface area contributed by atoms with E-state index in [4.69, 9.17) is 5.73 Å². The molecule has 0 aromatic heterocycles. The van der Waals surface area contributed by atoms with Gasteiger partial charge >= 0.3 is 0 Å². The lowest BCUT2D eigenvalue weighted by molar-refractivity contribution is -0.130. The molecule has 2 atom stereocenters. The normalized spacial score (nSPS) is 19.7. The van der Waals surface area contributed by atoms with E-state index in [1.165, 1.54) is 11.0 Å². The molecule has 7 heteroatoms. The van der Waals surface area contributed by atoms with Crippen molar-refractivity contribution in [3.05, 3.63) is 70.5 Å². The third-order valence-electron chi connectivity index (χ3n) is 6.34. The Morgan fingerprint density at radius 2 is 1.91 bits per heavy atom. The highest BCUT2D eigenvalue weighted by atomic mass is 19.1. The smallest absolute Gasteiger partial charge is 0.252 e. The molecule has 3 N–H and O–H groups in total. The van der Waals surface area contributed by atoms with Crippen LogP contribution in [0.3, 0.4) is 0 Å². The monoisotopic (exact) mass is 438 g/mol. The van der Waals surface area contributed by atoms with Gasteiger partial charge in [-0.25, -0.2) is 9.38 Å². The van der Waals surface area contributed by atoms with Crippen LogP contribution in [0, 0.1) is 18.7 Å². The average Bonchev–Trinajstić information content (AvgIpc) is 2.73. The third-order valence-corrected chi connectivity index (χ3v) is 6.34. The van der Waals surface area contributed by atoms with Crippen LogP contribution >= 0.6 is 0 Å². The van der Waals surface area contributed by atoms with Crippen molar-refractivity contribution in [1.82, 2.24) is 10.2 Å². The number of carbonyl (C=O) groups is 2. The summed E-state index contributed by atoms with van der Waals surface area (Å²) in [7, 11) is 0. The molecule has 6 nitrogen and oxygen atoms in total. The molecular weight excluding hydrogens is 407 g/mol. The van der Waals surface area contributed by atoms with Crippen molar-refractivity contribution in [3.8, 4) is 0 Å². The first-order chi connectivity index (χ1) is 15.0. The molecule has 0 saturated carbocycles. The zero-order chi connectivity index (χ0) is 23.6. The van der Waals surface area contributed by atoms with Crippen molar-refractivity contribution in [1.29, 1.82) is 0 Å². The second-order valence-electron chi connectivity index (χ2n) is 8.99. The number of amides is 2. The number of guanidine groups is 1. The minimum atomic E-state index is -0.561. The average molecular weight is 439 g/mol. The summed E-state index contributed by atoms with van der Waals surface area (Å²) in [6.07, 6.45) is 0.224. The Kier molecular flexibility index (Phi) is 6.67. The van der Waals surface area contributed by atoms with E-state index >= 15 is 0 Å². The maximum Gasteiger partial charge on any atom is 0.252 e. The predicted molar refractivity (Wildman–Crippen MR) is 123 cm³/mol. The molecule has 0 radical (unpaired) electrons. The molecule has 1 aliphatic heterocycles. The molecular formula is C25H31FN4O2. The molecule has 1 heterocycles. The van der Waals surface area contributed by atoms with E-state index < -0.39 is 11.4 Å². The maximum atomic E-state index is 14.7. The van der Waals surface area contributed by atoms with Gasteiger partial charge in [-0.2, -0.15) is 0 Å². The second-order valence-corrected chi connectivity index (χ2v) is 8.99. The number of benzene rings is 2. The van der Waals surface area contributed by atoms with E-state index in [0.29, 0.717) is 5.56 Å². The van der Waals surface area contributed by atoms with E-state index in [1.807, 2.05) is 58.0 Å². The van der Waals surface area contributed by atoms with Gasteiger partial charge in [0.25, 0.3) is 5.91 Å². The molecule has 0 bridgehead atoms. The molecule has 2 amide bonds. The van der Waals surface area contributed by atoms with Crippen molar-refractivity contribution < 1.29 is 14.0 Å². The van der Waals surface area contributed by atoms with Gasteiger partial charge < -0.3 is 11.1 Å². The number of halogens is 1. The Labute approximate surface area is 188 Å². The van der Waals surface area contributed by atoms with Crippen molar-refractivity contribution in [2.75, 3.05) is 0 Å². The van der Waals surface area contributed by atoms with Crippen LogP contribution in [0.4, 0.5) is 4.39 Å². The van der Waals surface area contributed by atoms with Gasteiger partial charge in [-0.15, -0.1) is 0 Å². The summed E-state index contributed by atoms with van der Waals surface area (Å²) in [5.41, 5.74) is 7.46. The summed E-state index contributed by atoms with van der Waals surface area (Å²) in [6, 6.07) is 12.3. The number of hydrogen-bond acceptors (Lipinski definition) is 4. The zero-order valence-corrected chi connectivity index (χ0v) is 19.3. The molecule has 0 fully saturated rings. The van der Waals surface area contributed by atoms with Crippen molar-refractivity contribution >= 4 is 17.8 Å². The number of carbonyl (C=O) groups excluding carboxylic acids is 2. The summed E-state index contributed by atoms with van der Waals surface area (Å²) < 4.78 is 14.7. The van der Waals surface area contributed by atoms with Crippen molar-refractivity contribution in [2.24, 2.45) is 16.6 Å². The molecule has 170 valence electrons. The van der Waals surface area contributed by atoms with E-state index in [1.54, 1.807) is 13.0 Å². The SMILES string of the molecule is Cc1c(F)cc(CN2C(=O)CC(C)(C(C)C)N=C2N)cc1C(=O)NC(C)c1ccccc1. The molecule has 1 aliphatic rings. The molecule has 3 rings (SSSR count). The summed E-state index contributed by atoms with van der Waals surface area (Å²) >= 11 is 0. The number of hydrogen-bond donors (Lipinski definition) is 2. The highest BCUT2D eigenvalue weighted by Crippen LogP contribution is 2.30. The molecule has 32 heavy (non-hydrogen) atoms. The Balaban J connectivity index is 1.84. The largest absolute Gasteiger partial charge is 0.369 e. The highest BCUT2D eigenvalue weighted by molar-refractivity contribution is 5.99. The topological polar surface area (TPSA) is 87.8 Å².